The summed E-state index contributed by atoms with van der Waals surface area (Å²) < 4.78 is 0. The zero-order valence-electron chi connectivity index (χ0n) is 16.1. The normalized spacial score (nSPS) is 14.2. The SMILES string of the molecule is CC(C)c1ccc(C(C)CCC(C)c2ccc(C(C)C)nc2)nc1. The number of nitrogens with zero attached hydrogens (tertiary/aromatic N) is 2. The first kappa shape index (κ1) is 18.6. The van der Waals surface area contributed by atoms with Crippen LogP contribution in [0.5, 0.6) is 0 Å². The van der Waals surface area contributed by atoms with Gasteiger partial charge in [-0.2, -0.15) is 0 Å². The van der Waals surface area contributed by atoms with Gasteiger partial charge in [0.15, 0.2) is 0 Å². The Balaban J connectivity index is 1.91. The van der Waals surface area contributed by atoms with Gasteiger partial charge in [-0.1, -0.05) is 53.7 Å². The van der Waals surface area contributed by atoms with Gasteiger partial charge in [-0.25, -0.2) is 0 Å². The summed E-state index contributed by atoms with van der Waals surface area (Å²) in [6, 6.07) is 8.84. The lowest BCUT2D eigenvalue weighted by atomic mass is 9.91. The topological polar surface area (TPSA) is 25.8 Å². The fraction of sp³-hybridized carbons (Fsp3) is 0.545. The first-order valence-electron chi connectivity index (χ1n) is 9.30. The lowest BCUT2D eigenvalue weighted by Crippen LogP contribution is -2.02. The van der Waals surface area contributed by atoms with E-state index in [0.29, 0.717) is 23.7 Å². The maximum Gasteiger partial charge on any atom is 0.0431 e. The first-order valence-corrected chi connectivity index (χ1v) is 9.30. The summed E-state index contributed by atoms with van der Waals surface area (Å²) in [5.74, 6) is 2.07. The molecular weight excluding hydrogens is 292 g/mol. The Morgan fingerprint density at radius 3 is 1.67 bits per heavy atom. The molecule has 24 heavy (non-hydrogen) atoms. The van der Waals surface area contributed by atoms with Gasteiger partial charge < -0.3 is 0 Å². The predicted octanol–water partition coefficient (Wildman–Crippen LogP) is 6.41. The van der Waals surface area contributed by atoms with Crippen molar-refractivity contribution < 1.29 is 0 Å². The Morgan fingerprint density at radius 1 is 0.625 bits per heavy atom. The molecule has 2 unspecified atom stereocenters. The van der Waals surface area contributed by atoms with Gasteiger partial charge in [0.25, 0.3) is 0 Å². The molecule has 0 aromatic carbocycles. The zero-order chi connectivity index (χ0) is 17.7. The molecular formula is C22H32N2. The Labute approximate surface area is 147 Å². The predicted molar refractivity (Wildman–Crippen MR) is 103 cm³/mol. The van der Waals surface area contributed by atoms with Gasteiger partial charge in [0.05, 0.1) is 0 Å². The van der Waals surface area contributed by atoms with E-state index in [4.69, 9.17) is 0 Å². The molecule has 2 atom stereocenters. The van der Waals surface area contributed by atoms with Gasteiger partial charge in [-0.3, -0.25) is 9.97 Å². The maximum absolute atomic E-state index is 4.67. The number of aromatic nitrogens is 2. The molecule has 0 fully saturated rings. The van der Waals surface area contributed by atoms with Crippen molar-refractivity contribution in [3.63, 3.8) is 0 Å². The lowest BCUT2D eigenvalue weighted by Gasteiger charge is -2.16. The summed E-state index contributed by atoms with van der Waals surface area (Å²) in [5, 5.41) is 0. The van der Waals surface area contributed by atoms with E-state index >= 15 is 0 Å². The van der Waals surface area contributed by atoms with Crippen LogP contribution in [-0.4, -0.2) is 9.97 Å². The standard InChI is InChI=1S/C22H32N2/c1-15(2)19-9-12-22(24-13-19)18(6)8-7-17(5)20-10-11-21(16(3)4)23-14-20/h9-18H,7-8H2,1-6H3. The number of pyridine rings is 2. The maximum atomic E-state index is 4.67. The molecule has 0 aliphatic rings. The molecule has 0 saturated heterocycles. The average Bonchev–Trinajstić information content (AvgIpc) is 2.59. The van der Waals surface area contributed by atoms with Crippen molar-refractivity contribution in [3.05, 3.63) is 59.2 Å². The third-order valence-corrected chi connectivity index (χ3v) is 4.98. The van der Waals surface area contributed by atoms with Gasteiger partial charge in [-0.15, -0.1) is 0 Å². The smallest absolute Gasteiger partial charge is 0.0431 e. The van der Waals surface area contributed by atoms with Crippen LogP contribution >= 0.6 is 0 Å². The van der Waals surface area contributed by atoms with E-state index in [1.165, 1.54) is 22.5 Å². The lowest BCUT2D eigenvalue weighted by molar-refractivity contribution is 0.563. The quantitative estimate of drug-likeness (QED) is 0.588. The van der Waals surface area contributed by atoms with Gasteiger partial charge in [0.1, 0.15) is 0 Å². The highest BCUT2D eigenvalue weighted by atomic mass is 14.7. The molecule has 2 heterocycles. The van der Waals surface area contributed by atoms with Crippen LogP contribution in [0, 0.1) is 0 Å². The fourth-order valence-electron chi connectivity index (χ4n) is 2.91. The molecule has 2 heteroatoms. The monoisotopic (exact) mass is 324 g/mol. The summed E-state index contributed by atoms with van der Waals surface area (Å²) in [6.07, 6.45) is 6.41. The highest BCUT2D eigenvalue weighted by Crippen LogP contribution is 2.27. The minimum absolute atomic E-state index is 0.495. The number of hydrogen-bond donors (Lipinski definition) is 0. The number of rotatable bonds is 7. The first-order chi connectivity index (χ1) is 11.4. The van der Waals surface area contributed by atoms with Crippen LogP contribution in [0.25, 0.3) is 0 Å². The summed E-state index contributed by atoms with van der Waals surface area (Å²) in [7, 11) is 0. The molecule has 2 nitrogen and oxygen atoms in total. The van der Waals surface area contributed by atoms with Crippen molar-refractivity contribution in [2.75, 3.05) is 0 Å². The third kappa shape index (κ3) is 4.90. The van der Waals surface area contributed by atoms with Crippen molar-refractivity contribution in [2.45, 2.75) is 78.1 Å². The van der Waals surface area contributed by atoms with Crippen molar-refractivity contribution in [1.82, 2.24) is 9.97 Å². The number of hydrogen-bond acceptors (Lipinski definition) is 2. The summed E-state index contributed by atoms with van der Waals surface area (Å²) in [4.78, 5) is 9.27. The Morgan fingerprint density at radius 2 is 1.17 bits per heavy atom. The molecule has 2 aromatic heterocycles. The molecule has 0 spiro atoms. The highest BCUT2D eigenvalue weighted by molar-refractivity contribution is 5.21. The molecule has 0 N–H and O–H groups in total. The van der Waals surface area contributed by atoms with E-state index in [2.05, 4.69) is 82.0 Å². The largest absolute Gasteiger partial charge is 0.261 e. The molecule has 0 saturated carbocycles. The van der Waals surface area contributed by atoms with Crippen LogP contribution in [0.4, 0.5) is 0 Å². The van der Waals surface area contributed by atoms with E-state index in [1.807, 2.05) is 6.20 Å². The fourth-order valence-corrected chi connectivity index (χ4v) is 2.91. The van der Waals surface area contributed by atoms with Crippen molar-refractivity contribution >= 4 is 0 Å². The van der Waals surface area contributed by atoms with Crippen molar-refractivity contribution in [2.24, 2.45) is 0 Å². The van der Waals surface area contributed by atoms with E-state index in [1.54, 1.807) is 0 Å². The minimum Gasteiger partial charge on any atom is -0.261 e. The molecule has 0 aliphatic carbocycles. The summed E-state index contributed by atoms with van der Waals surface area (Å²) in [6.45, 7) is 13.4. The third-order valence-electron chi connectivity index (χ3n) is 4.98. The van der Waals surface area contributed by atoms with Crippen LogP contribution in [-0.2, 0) is 0 Å². The van der Waals surface area contributed by atoms with Gasteiger partial charge in [-0.05, 0) is 59.8 Å². The van der Waals surface area contributed by atoms with Crippen LogP contribution in [0.1, 0.15) is 101 Å². The van der Waals surface area contributed by atoms with Crippen LogP contribution in [0.3, 0.4) is 0 Å². The zero-order valence-corrected chi connectivity index (χ0v) is 16.1. The minimum atomic E-state index is 0.495. The highest BCUT2D eigenvalue weighted by Gasteiger charge is 2.12. The van der Waals surface area contributed by atoms with E-state index in [0.717, 1.165) is 12.8 Å². The second-order valence-electron chi connectivity index (χ2n) is 7.72. The van der Waals surface area contributed by atoms with E-state index in [-0.39, 0.29) is 0 Å². The second-order valence-corrected chi connectivity index (χ2v) is 7.72. The van der Waals surface area contributed by atoms with Gasteiger partial charge >= 0.3 is 0 Å². The second kappa shape index (κ2) is 8.41. The molecule has 0 bridgehead atoms. The molecule has 130 valence electrons. The van der Waals surface area contributed by atoms with Crippen molar-refractivity contribution in [1.29, 1.82) is 0 Å². The van der Waals surface area contributed by atoms with Crippen molar-refractivity contribution in [3.8, 4) is 0 Å². The summed E-state index contributed by atoms with van der Waals surface area (Å²) >= 11 is 0. The van der Waals surface area contributed by atoms with E-state index in [9.17, 15) is 0 Å². The van der Waals surface area contributed by atoms with E-state index < -0.39 is 0 Å². The molecule has 2 rings (SSSR count). The van der Waals surface area contributed by atoms with Crippen LogP contribution in [0.15, 0.2) is 36.7 Å². The Kier molecular flexibility index (Phi) is 6.53. The molecule has 0 aliphatic heterocycles. The van der Waals surface area contributed by atoms with Gasteiger partial charge in [0, 0.05) is 23.8 Å². The average molecular weight is 325 g/mol. The molecule has 2 aromatic rings. The Bertz CT molecular complexity index is 554. The van der Waals surface area contributed by atoms with Crippen LogP contribution < -0.4 is 0 Å². The van der Waals surface area contributed by atoms with Gasteiger partial charge in [0.2, 0.25) is 0 Å². The molecule has 0 radical (unpaired) electrons. The summed E-state index contributed by atoms with van der Waals surface area (Å²) in [5.41, 5.74) is 5.04. The molecule has 0 amide bonds. The Hall–Kier alpha value is -1.70. The van der Waals surface area contributed by atoms with Crippen LogP contribution in [0.2, 0.25) is 0 Å².